The Bertz CT molecular complexity index is 103. The number of allylic oxidation sites excluding steroid dienone is 2. The maximum absolute atomic E-state index is 10.0. The van der Waals surface area contributed by atoms with Crippen LogP contribution in [-0.4, -0.2) is 10.9 Å². The number of carbonyl (C=O) groups is 1. The predicted octanol–water partition coefficient (Wildman–Crippen LogP) is 1.20. The molecule has 0 saturated carbocycles. The third-order valence-electron chi connectivity index (χ3n) is 0.412. The molecular formula is C5H11NO2. The van der Waals surface area contributed by atoms with E-state index in [9.17, 15) is 4.79 Å². The number of rotatable bonds is 1. The molecule has 0 aliphatic heterocycles. The second-order valence-electron chi connectivity index (χ2n) is 1.40. The summed E-state index contributed by atoms with van der Waals surface area (Å²) in [5.74, 6) is -0.0625. The van der Waals surface area contributed by atoms with E-state index in [1.807, 2.05) is 0 Å². The Morgan fingerprint density at radius 3 is 1.88 bits per heavy atom. The molecule has 0 radical (unpaired) electrons. The SMILES string of the molecule is CC(=O)/C=C(/C)O.N. The van der Waals surface area contributed by atoms with Crippen LogP contribution in [-0.2, 0) is 4.79 Å². The van der Waals surface area contributed by atoms with Gasteiger partial charge in [-0.1, -0.05) is 0 Å². The van der Waals surface area contributed by atoms with Gasteiger partial charge in [0.1, 0.15) is 0 Å². The van der Waals surface area contributed by atoms with Crippen LogP contribution in [0.25, 0.3) is 0 Å². The summed E-state index contributed by atoms with van der Waals surface area (Å²) < 4.78 is 0. The Labute approximate surface area is 48.6 Å². The van der Waals surface area contributed by atoms with Gasteiger partial charge in [-0.05, 0) is 13.8 Å². The Kier molecular flexibility index (Phi) is 5.53. The number of carbonyl (C=O) groups excluding carboxylic acids is 1. The molecule has 0 aromatic rings. The lowest BCUT2D eigenvalue weighted by molar-refractivity contribution is -0.112. The zero-order chi connectivity index (χ0) is 5.86. The van der Waals surface area contributed by atoms with Crippen LogP contribution in [0.5, 0.6) is 0 Å². The standard InChI is InChI=1S/C5H8O2.H3N/c1-4(6)3-5(2)7;/h3,6H,1-2H3;1H3/b4-3-;. The second kappa shape index (κ2) is 4.33. The minimum Gasteiger partial charge on any atom is -0.512 e. The summed E-state index contributed by atoms with van der Waals surface area (Å²) in [6, 6.07) is 0. The molecule has 0 aliphatic carbocycles. The third-order valence-corrected chi connectivity index (χ3v) is 0.412. The molecule has 0 unspecified atom stereocenters. The zero-order valence-electron chi connectivity index (χ0n) is 5.14. The first-order valence-corrected chi connectivity index (χ1v) is 2.01. The van der Waals surface area contributed by atoms with E-state index < -0.39 is 0 Å². The van der Waals surface area contributed by atoms with Crippen molar-refractivity contribution in [3.05, 3.63) is 11.8 Å². The van der Waals surface area contributed by atoms with E-state index in [4.69, 9.17) is 5.11 Å². The molecule has 0 rings (SSSR count). The van der Waals surface area contributed by atoms with Crippen molar-refractivity contribution in [1.29, 1.82) is 0 Å². The number of aliphatic hydroxyl groups excluding tert-OH is 1. The molecule has 0 fully saturated rings. The molecule has 0 heterocycles. The zero-order valence-corrected chi connectivity index (χ0v) is 5.14. The van der Waals surface area contributed by atoms with Crippen LogP contribution < -0.4 is 6.15 Å². The molecule has 0 bridgehead atoms. The van der Waals surface area contributed by atoms with Gasteiger partial charge in [0.2, 0.25) is 0 Å². The van der Waals surface area contributed by atoms with Gasteiger partial charge in [0, 0.05) is 6.08 Å². The van der Waals surface area contributed by atoms with Gasteiger partial charge in [0.15, 0.2) is 5.78 Å². The van der Waals surface area contributed by atoms with E-state index in [0.717, 1.165) is 0 Å². The highest BCUT2D eigenvalue weighted by molar-refractivity contribution is 5.87. The number of hydrogen-bond acceptors (Lipinski definition) is 3. The lowest BCUT2D eigenvalue weighted by atomic mass is 10.4. The third kappa shape index (κ3) is 8.95. The van der Waals surface area contributed by atoms with Crippen molar-refractivity contribution in [2.24, 2.45) is 0 Å². The first-order valence-electron chi connectivity index (χ1n) is 2.01. The molecule has 0 spiro atoms. The van der Waals surface area contributed by atoms with Crippen molar-refractivity contribution in [3.63, 3.8) is 0 Å². The van der Waals surface area contributed by atoms with Gasteiger partial charge in [0.25, 0.3) is 0 Å². The Hall–Kier alpha value is -0.830. The van der Waals surface area contributed by atoms with Crippen LogP contribution in [0.4, 0.5) is 0 Å². The lowest BCUT2D eigenvalue weighted by Gasteiger charge is -1.80. The average Bonchev–Trinajstić information content (AvgIpc) is 1.27. The maximum Gasteiger partial charge on any atom is 0.155 e. The summed E-state index contributed by atoms with van der Waals surface area (Å²) in [5.41, 5.74) is 0. The number of hydrogen-bond donors (Lipinski definition) is 2. The van der Waals surface area contributed by atoms with Crippen molar-refractivity contribution in [1.82, 2.24) is 6.15 Å². The minimum atomic E-state index is -0.125. The highest BCUT2D eigenvalue weighted by Crippen LogP contribution is 1.82. The molecule has 0 aliphatic rings. The summed E-state index contributed by atoms with van der Waals surface area (Å²) in [6.07, 6.45) is 1.17. The van der Waals surface area contributed by atoms with Gasteiger partial charge in [-0.25, -0.2) is 0 Å². The van der Waals surface area contributed by atoms with Gasteiger partial charge >= 0.3 is 0 Å². The molecular weight excluding hydrogens is 106 g/mol. The van der Waals surface area contributed by atoms with Crippen LogP contribution in [0, 0.1) is 0 Å². The molecule has 0 saturated heterocycles. The van der Waals surface area contributed by atoms with Crippen molar-refractivity contribution >= 4 is 5.78 Å². The van der Waals surface area contributed by atoms with Gasteiger partial charge < -0.3 is 11.3 Å². The van der Waals surface area contributed by atoms with E-state index in [0.29, 0.717) is 0 Å². The predicted molar refractivity (Wildman–Crippen MR) is 32.1 cm³/mol. The molecule has 0 atom stereocenters. The summed E-state index contributed by atoms with van der Waals surface area (Å²) in [5, 5.41) is 8.36. The molecule has 0 aromatic carbocycles. The summed E-state index contributed by atoms with van der Waals surface area (Å²) in [6.45, 7) is 2.85. The summed E-state index contributed by atoms with van der Waals surface area (Å²) in [4.78, 5) is 10.0. The Morgan fingerprint density at radius 1 is 1.50 bits per heavy atom. The second-order valence-corrected chi connectivity index (χ2v) is 1.40. The monoisotopic (exact) mass is 117 g/mol. The highest BCUT2D eigenvalue weighted by atomic mass is 16.3. The van der Waals surface area contributed by atoms with Crippen LogP contribution >= 0.6 is 0 Å². The van der Waals surface area contributed by atoms with Crippen molar-refractivity contribution in [2.75, 3.05) is 0 Å². The van der Waals surface area contributed by atoms with Gasteiger partial charge in [-0.3, -0.25) is 4.79 Å². The summed E-state index contributed by atoms with van der Waals surface area (Å²) >= 11 is 0. The summed E-state index contributed by atoms with van der Waals surface area (Å²) in [7, 11) is 0. The molecule has 0 amide bonds. The Balaban J connectivity index is 0. The molecule has 48 valence electrons. The van der Waals surface area contributed by atoms with Crippen LogP contribution in [0.1, 0.15) is 13.8 Å². The number of aliphatic hydroxyl groups is 1. The lowest BCUT2D eigenvalue weighted by Crippen LogP contribution is -1.82. The Morgan fingerprint density at radius 2 is 1.88 bits per heavy atom. The van der Waals surface area contributed by atoms with Crippen molar-refractivity contribution in [2.45, 2.75) is 13.8 Å². The molecule has 4 N–H and O–H groups in total. The van der Waals surface area contributed by atoms with E-state index in [-0.39, 0.29) is 17.7 Å². The van der Waals surface area contributed by atoms with Crippen LogP contribution in [0.2, 0.25) is 0 Å². The van der Waals surface area contributed by atoms with E-state index in [1.165, 1.54) is 19.9 Å². The molecule has 8 heavy (non-hydrogen) atoms. The van der Waals surface area contributed by atoms with Gasteiger partial charge in [-0.15, -0.1) is 0 Å². The van der Waals surface area contributed by atoms with Gasteiger partial charge in [-0.2, -0.15) is 0 Å². The maximum atomic E-state index is 10.0. The fraction of sp³-hybridized carbons (Fsp3) is 0.400. The molecule has 3 nitrogen and oxygen atoms in total. The van der Waals surface area contributed by atoms with Crippen molar-refractivity contribution < 1.29 is 9.90 Å². The van der Waals surface area contributed by atoms with Crippen molar-refractivity contribution in [3.8, 4) is 0 Å². The highest BCUT2D eigenvalue weighted by Gasteiger charge is 1.82. The first-order chi connectivity index (χ1) is 3.13. The minimum absolute atomic E-state index is 0. The van der Waals surface area contributed by atoms with E-state index in [2.05, 4.69) is 0 Å². The topological polar surface area (TPSA) is 72.3 Å². The molecule has 3 heteroatoms. The van der Waals surface area contributed by atoms with Crippen LogP contribution in [0.15, 0.2) is 11.8 Å². The normalized spacial score (nSPS) is 10.0. The fourth-order valence-corrected chi connectivity index (χ4v) is 0.294. The molecule has 0 aromatic heterocycles. The van der Waals surface area contributed by atoms with Gasteiger partial charge in [0.05, 0.1) is 5.76 Å². The largest absolute Gasteiger partial charge is 0.512 e. The smallest absolute Gasteiger partial charge is 0.155 e. The van der Waals surface area contributed by atoms with Crippen LogP contribution in [0.3, 0.4) is 0 Å². The average molecular weight is 117 g/mol. The number of ketones is 1. The quantitative estimate of drug-likeness (QED) is 0.400. The first kappa shape index (κ1) is 10.2. The van der Waals surface area contributed by atoms with E-state index in [1.54, 1.807) is 0 Å². The fourth-order valence-electron chi connectivity index (χ4n) is 0.294. The van der Waals surface area contributed by atoms with E-state index >= 15 is 0 Å².